The minimum atomic E-state index is -0.115. The monoisotopic (exact) mass is 860 g/mol. The van der Waals surface area contributed by atoms with Crippen molar-refractivity contribution in [3.8, 4) is 0 Å². The Labute approximate surface area is 387 Å². The maximum Gasteiger partial charge on any atom is 0.169 e. The summed E-state index contributed by atoms with van der Waals surface area (Å²) in [5, 5.41) is 0. The fourth-order valence-corrected chi connectivity index (χ4v) is 9.31. The Morgan fingerprint density at radius 1 is 0.387 bits per heavy atom. The molecule has 0 aliphatic heterocycles. The molecule has 1 aromatic heterocycles. The van der Waals surface area contributed by atoms with Crippen molar-refractivity contribution in [2.24, 2.45) is 0 Å². The maximum absolute atomic E-state index is 15.5. The number of rotatable bonds is 46. The van der Waals surface area contributed by atoms with Crippen LogP contribution in [0.15, 0.2) is 42.7 Å². The smallest absolute Gasteiger partial charge is 0.169 e. The lowest BCUT2D eigenvalue weighted by atomic mass is 10.0. The first-order chi connectivity index (χ1) is 30.7. The van der Waals surface area contributed by atoms with Gasteiger partial charge in [-0.2, -0.15) is 0 Å². The van der Waals surface area contributed by atoms with E-state index in [0.717, 1.165) is 30.9 Å². The van der Waals surface area contributed by atoms with Crippen molar-refractivity contribution in [3.05, 3.63) is 59.7 Å². The standard InChI is InChI=1S/C59H104FN2/c1-4-7-9-11-13-15-17-19-21-23-25-27-29-31-33-35-37-39-41-43-51-62(58-48-47-57(59(60)55-58)46-45-56-49-53-61(6-3)54-50-56)52-44-42-40-38-36-34-32-30-28-26-24-22-20-18-16-14-12-10-8-5-2/h45-50,53-55H,4-44,51-52H2,1-3H3/q+1. The van der Waals surface area contributed by atoms with Gasteiger partial charge in [0, 0.05) is 36.5 Å². The average molecular weight is 860 g/mol. The Morgan fingerprint density at radius 2 is 0.694 bits per heavy atom. The first-order valence-electron chi connectivity index (χ1n) is 27.9. The minimum absolute atomic E-state index is 0.115. The second-order valence-corrected chi connectivity index (χ2v) is 19.4. The van der Waals surface area contributed by atoms with Gasteiger partial charge in [0.15, 0.2) is 12.4 Å². The first kappa shape index (κ1) is 56.0. The Hall–Kier alpha value is -2.16. The fraction of sp³-hybridized carbons (Fsp3) is 0.780. The molecule has 0 unspecified atom stereocenters. The van der Waals surface area contributed by atoms with Crippen LogP contribution >= 0.6 is 0 Å². The lowest BCUT2D eigenvalue weighted by molar-refractivity contribution is -0.693. The number of aryl methyl sites for hydroxylation is 1. The molecule has 0 spiro atoms. The zero-order valence-electron chi connectivity index (χ0n) is 41.9. The van der Waals surface area contributed by atoms with Crippen molar-refractivity contribution in [3.63, 3.8) is 0 Å². The molecule has 0 atom stereocenters. The van der Waals surface area contributed by atoms with Crippen molar-refractivity contribution >= 4 is 17.8 Å². The molecule has 3 heteroatoms. The number of nitrogens with zero attached hydrogens (tertiary/aromatic N) is 2. The molecule has 0 saturated carbocycles. The molecule has 0 N–H and O–H groups in total. The highest BCUT2D eigenvalue weighted by Crippen LogP contribution is 2.23. The molecule has 0 fully saturated rings. The molecular weight excluding hydrogens is 756 g/mol. The van der Waals surface area contributed by atoms with Crippen LogP contribution in [-0.4, -0.2) is 13.1 Å². The van der Waals surface area contributed by atoms with Crippen molar-refractivity contribution < 1.29 is 8.96 Å². The van der Waals surface area contributed by atoms with Crippen LogP contribution in [-0.2, 0) is 6.54 Å². The number of pyridine rings is 1. The van der Waals surface area contributed by atoms with Gasteiger partial charge in [-0.3, -0.25) is 0 Å². The topological polar surface area (TPSA) is 7.12 Å². The first-order valence-corrected chi connectivity index (χ1v) is 27.9. The number of hydrogen-bond donors (Lipinski definition) is 0. The summed E-state index contributed by atoms with van der Waals surface area (Å²) < 4.78 is 17.6. The van der Waals surface area contributed by atoms with Gasteiger partial charge in [0.05, 0.1) is 0 Å². The van der Waals surface area contributed by atoms with Crippen LogP contribution in [0.1, 0.15) is 289 Å². The van der Waals surface area contributed by atoms with Gasteiger partial charge < -0.3 is 4.90 Å². The predicted molar refractivity (Wildman–Crippen MR) is 276 cm³/mol. The van der Waals surface area contributed by atoms with E-state index < -0.39 is 0 Å². The molecule has 2 nitrogen and oxygen atoms in total. The molecule has 0 amide bonds. The molecule has 2 aromatic rings. The van der Waals surface area contributed by atoms with E-state index in [1.165, 1.54) is 257 Å². The molecular formula is C59H104FN2+. The van der Waals surface area contributed by atoms with E-state index in [0.29, 0.717) is 5.56 Å². The lowest BCUT2D eigenvalue weighted by Gasteiger charge is -2.25. The van der Waals surface area contributed by atoms with Gasteiger partial charge in [0.1, 0.15) is 12.4 Å². The van der Waals surface area contributed by atoms with Crippen LogP contribution in [0.2, 0.25) is 0 Å². The molecule has 2 rings (SSSR count). The normalized spacial score (nSPS) is 11.7. The number of hydrogen-bond acceptors (Lipinski definition) is 1. The SMILES string of the molecule is CCCCCCCCCCCCCCCCCCCCCCN(CCCCCCCCCCCCCCCCCCCCCC)c1ccc(C=Cc2cc[n+](CC)cc2)c(F)c1. The zero-order valence-corrected chi connectivity index (χ0v) is 41.9. The third kappa shape index (κ3) is 32.5. The predicted octanol–water partition coefficient (Wildman–Crippen LogP) is 19.8. The second kappa shape index (κ2) is 42.8. The lowest BCUT2D eigenvalue weighted by Crippen LogP contribution is -2.30. The van der Waals surface area contributed by atoms with Crippen molar-refractivity contribution in [2.45, 2.75) is 284 Å². The quantitative estimate of drug-likeness (QED) is 0.0475. The van der Waals surface area contributed by atoms with Gasteiger partial charge >= 0.3 is 0 Å². The minimum Gasteiger partial charge on any atom is -0.371 e. The highest BCUT2D eigenvalue weighted by Gasteiger charge is 2.10. The molecule has 1 aromatic carbocycles. The van der Waals surface area contributed by atoms with Gasteiger partial charge in [0.25, 0.3) is 0 Å². The maximum atomic E-state index is 15.5. The Kier molecular flexibility index (Phi) is 38.6. The molecule has 0 aliphatic rings. The summed E-state index contributed by atoms with van der Waals surface area (Å²) in [5.74, 6) is -0.115. The van der Waals surface area contributed by atoms with Gasteiger partial charge in [-0.25, -0.2) is 8.96 Å². The number of unbranched alkanes of at least 4 members (excludes halogenated alkanes) is 38. The van der Waals surface area contributed by atoms with Crippen LogP contribution in [0.4, 0.5) is 10.1 Å². The van der Waals surface area contributed by atoms with E-state index in [9.17, 15) is 0 Å². The summed E-state index contributed by atoms with van der Waals surface area (Å²) in [6.07, 6.45) is 64.4. The highest BCUT2D eigenvalue weighted by molar-refractivity contribution is 5.70. The van der Waals surface area contributed by atoms with Gasteiger partial charge in [-0.1, -0.05) is 270 Å². The summed E-state index contributed by atoms with van der Waals surface area (Å²) in [4.78, 5) is 2.49. The largest absolute Gasteiger partial charge is 0.371 e. The molecule has 62 heavy (non-hydrogen) atoms. The molecule has 0 bridgehead atoms. The Balaban J connectivity index is 1.60. The molecule has 1 heterocycles. The second-order valence-electron chi connectivity index (χ2n) is 19.4. The zero-order chi connectivity index (χ0) is 44.2. The summed E-state index contributed by atoms with van der Waals surface area (Å²) >= 11 is 0. The number of aromatic nitrogens is 1. The Bertz CT molecular complexity index is 1210. The number of halogens is 1. The third-order valence-electron chi connectivity index (χ3n) is 13.6. The van der Waals surface area contributed by atoms with E-state index >= 15 is 4.39 Å². The van der Waals surface area contributed by atoms with Gasteiger partial charge in [0.2, 0.25) is 0 Å². The van der Waals surface area contributed by atoms with E-state index in [4.69, 9.17) is 0 Å². The van der Waals surface area contributed by atoms with Crippen LogP contribution in [0.5, 0.6) is 0 Å². The highest BCUT2D eigenvalue weighted by atomic mass is 19.1. The van der Waals surface area contributed by atoms with Crippen LogP contribution in [0, 0.1) is 5.82 Å². The third-order valence-corrected chi connectivity index (χ3v) is 13.6. The van der Waals surface area contributed by atoms with Gasteiger partial charge in [-0.15, -0.1) is 0 Å². The Morgan fingerprint density at radius 3 is 0.984 bits per heavy atom. The number of anilines is 1. The molecule has 0 saturated heterocycles. The van der Waals surface area contributed by atoms with E-state index in [1.54, 1.807) is 6.07 Å². The summed E-state index contributed by atoms with van der Waals surface area (Å²) in [6.45, 7) is 9.77. The molecule has 0 radical (unpaired) electrons. The average Bonchev–Trinajstić information content (AvgIpc) is 3.29. The summed E-state index contributed by atoms with van der Waals surface area (Å²) in [5.41, 5.74) is 2.82. The van der Waals surface area contributed by atoms with Crippen molar-refractivity contribution in [1.29, 1.82) is 0 Å². The van der Waals surface area contributed by atoms with Crippen LogP contribution in [0.25, 0.3) is 12.2 Å². The fourth-order valence-electron chi connectivity index (χ4n) is 9.31. The molecule has 356 valence electrons. The van der Waals surface area contributed by atoms with E-state index in [2.05, 4.69) is 60.8 Å². The van der Waals surface area contributed by atoms with Crippen LogP contribution in [0.3, 0.4) is 0 Å². The van der Waals surface area contributed by atoms with Gasteiger partial charge in [-0.05, 0) is 43.5 Å². The van der Waals surface area contributed by atoms with Crippen molar-refractivity contribution in [1.82, 2.24) is 0 Å². The molecule has 0 aliphatic carbocycles. The van der Waals surface area contributed by atoms with E-state index in [-0.39, 0.29) is 5.82 Å². The van der Waals surface area contributed by atoms with Crippen molar-refractivity contribution in [2.75, 3.05) is 18.0 Å². The van der Waals surface area contributed by atoms with E-state index in [1.807, 2.05) is 18.2 Å². The summed E-state index contributed by atoms with van der Waals surface area (Å²) in [6, 6.07) is 10.1. The summed E-state index contributed by atoms with van der Waals surface area (Å²) in [7, 11) is 0. The van der Waals surface area contributed by atoms with Crippen LogP contribution < -0.4 is 9.47 Å². The number of benzene rings is 1.